The Balaban J connectivity index is 2.01. The van der Waals surface area contributed by atoms with Crippen molar-refractivity contribution in [3.63, 3.8) is 0 Å². The normalized spacial score (nSPS) is 18.3. The van der Waals surface area contributed by atoms with E-state index in [9.17, 15) is 0 Å². The molecule has 1 aromatic carbocycles. The molecule has 0 bridgehead atoms. The molecule has 3 rings (SSSR count). The van der Waals surface area contributed by atoms with Gasteiger partial charge in [0, 0.05) is 19.2 Å². The highest BCUT2D eigenvalue weighted by atomic mass is 16.5. The molecular weight excluding hydrogens is 210 g/mol. The van der Waals surface area contributed by atoms with E-state index in [2.05, 4.69) is 42.8 Å². The van der Waals surface area contributed by atoms with Gasteiger partial charge >= 0.3 is 0 Å². The largest absolute Gasteiger partial charge is 0.491 e. The number of hydrogen-bond acceptors (Lipinski definition) is 2. The number of allylic oxidation sites excluding steroid dienone is 1. The van der Waals surface area contributed by atoms with E-state index in [4.69, 9.17) is 4.74 Å². The standard InChI is InChI=1S/C15H17NO/c1-11-7-8-17-15-6-5-13(9-12-3-4-12)10-14(15)16(11)2/h5-6,9-10H,1,3-4,7-8H2,2H3. The van der Waals surface area contributed by atoms with Crippen LogP contribution in [0.25, 0.3) is 6.08 Å². The summed E-state index contributed by atoms with van der Waals surface area (Å²) in [5, 5.41) is 0. The van der Waals surface area contributed by atoms with Crippen molar-refractivity contribution in [2.24, 2.45) is 0 Å². The van der Waals surface area contributed by atoms with E-state index >= 15 is 0 Å². The summed E-state index contributed by atoms with van der Waals surface area (Å²) in [7, 11) is 2.06. The van der Waals surface area contributed by atoms with Gasteiger partial charge in [-0.1, -0.05) is 24.3 Å². The maximum absolute atomic E-state index is 5.74. The first-order chi connectivity index (χ1) is 8.24. The van der Waals surface area contributed by atoms with Gasteiger partial charge in [0.2, 0.25) is 0 Å². The van der Waals surface area contributed by atoms with Crippen molar-refractivity contribution in [1.82, 2.24) is 0 Å². The van der Waals surface area contributed by atoms with Crippen molar-refractivity contribution in [3.05, 3.63) is 41.6 Å². The van der Waals surface area contributed by atoms with Crippen molar-refractivity contribution in [3.8, 4) is 5.75 Å². The van der Waals surface area contributed by atoms with Crippen LogP contribution < -0.4 is 9.64 Å². The highest BCUT2D eigenvalue weighted by Crippen LogP contribution is 2.36. The zero-order chi connectivity index (χ0) is 11.8. The molecule has 2 aliphatic rings. The summed E-state index contributed by atoms with van der Waals surface area (Å²) in [6.45, 7) is 4.81. The van der Waals surface area contributed by atoms with Gasteiger partial charge < -0.3 is 9.64 Å². The van der Waals surface area contributed by atoms with E-state index in [0.29, 0.717) is 0 Å². The van der Waals surface area contributed by atoms with Crippen LogP contribution >= 0.6 is 0 Å². The Kier molecular flexibility index (Phi) is 2.43. The zero-order valence-electron chi connectivity index (χ0n) is 10.2. The molecule has 2 heteroatoms. The highest BCUT2D eigenvalue weighted by Gasteiger charge is 2.17. The quantitative estimate of drug-likeness (QED) is 0.727. The molecule has 1 aliphatic carbocycles. The minimum absolute atomic E-state index is 0.719. The van der Waals surface area contributed by atoms with Crippen molar-refractivity contribution < 1.29 is 4.74 Å². The molecule has 0 atom stereocenters. The number of nitrogens with zero attached hydrogens (tertiary/aromatic N) is 1. The number of benzene rings is 1. The molecule has 1 aliphatic heterocycles. The topological polar surface area (TPSA) is 12.5 Å². The fourth-order valence-corrected chi connectivity index (χ4v) is 2.08. The van der Waals surface area contributed by atoms with Crippen LogP contribution in [-0.4, -0.2) is 13.7 Å². The number of hydrogen-bond donors (Lipinski definition) is 0. The molecule has 2 nitrogen and oxygen atoms in total. The smallest absolute Gasteiger partial charge is 0.142 e. The summed E-state index contributed by atoms with van der Waals surface area (Å²) < 4.78 is 5.74. The Morgan fingerprint density at radius 2 is 2.12 bits per heavy atom. The maximum atomic E-state index is 5.74. The van der Waals surface area contributed by atoms with E-state index in [1.54, 1.807) is 5.57 Å². The van der Waals surface area contributed by atoms with E-state index in [1.807, 2.05) is 0 Å². The average Bonchev–Trinajstić information content (AvgIpc) is 3.13. The van der Waals surface area contributed by atoms with Gasteiger partial charge in [0.25, 0.3) is 0 Å². The van der Waals surface area contributed by atoms with Gasteiger partial charge in [-0.05, 0) is 30.5 Å². The number of fused-ring (bicyclic) bond motifs is 1. The third-order valence-corrected chi connectivity index (χ3v) is 3.38. The first-order valence-electron chi connectivity index (χ1n) is 6.12. The predicted octanol–water partition coefficient (Wildman–Crippen LogP) is 3.60. The summed E-state index contributed by atoms with van der Waals surface area (Å²) in [5.74, 6) is 0.962. The molecule has 1 saturated carbocycles. The lowest BCUT2D eigenvalue weighted by Crippen LogP contribution is -2.14. The van der Waals surface area contributed by atoms with Crippen molar-refractivity contribution in [2.45, 2.75) is 19.3 Å². The first kappa shape index (κ1) is 10.5. The summed E-state index contributed by atoms with van der Waals surface area (Å²) in [4.78, 5) is 2.14. The zero-order valence-corrected chi connectivity index (χ0v) is 10.2. The molecule has 0 amide bonds. The Labute approximate surface area is 102 Å². The van der Waals surface area contributed by atoms with Gasteiger partial charge in [0.05, 0.1) is 12.3 Å². The molecule has 0 saturated heterocycles. The van der Waals surface area contributed by atoms with Crippen LogP contribution in [0.1, 0.15) is 24.8 Å². The average molecular weight is 227 g/mol. The Morgan fingerprint density at radius 1 is 1.29 bits per heavy atom. The van der Waals surface area contributed by atoms with Crippen molar-refractivity contribution in [2.75, 3.05) is 18.6 Å². The van der Waals surface area contributed by atoms with Crippen molar-refractivity contribution >= 4 is 11.8 Å². The van der Waals surface area contributed by atoms with Crippen LogP contribution in [0.5, 0.6) is 5.75 Å². The summed E-state index contributed by atoms with van der Waals surface area (Å²) in [6.07, 6.45) is 5.69. The number of anilines is 1. The molecule has 17 heavy (non-hydrogen) atoms. The Hall–Kier alpha value is -1.70. The predicted molar refractivity (Wildman–Crippen MR) is 71.3 cm³/mol. The van der Waals surface area contributed by atoms with Gasteiger partial charge in [-0.25, -0.2) is 0 Å². The second-order valence-corrected chi connectivity index (χ2v) is 4.75. The van der Waals surface area contributed by atoms with E-state index < -0.39 is 0 Å². The minimum Gasteiger partial charge on any atom is -0.491 e. The molecule has 0 unspecified atom stereocenters. The lowest BCUT2D eigenvalue weighted by Gasteiger charge is -2.20. The molecule has 0 spiro atoms. The van der Waals surface area contributed by atoms with Crippen LogP contribution in [0.2, 0.25) is 0 Å². The fourth-order valence-electron chi connectivity index (χ4n) is 2.08. The number of ether oxygens (including phenoxy) is 1. The lowest BCUT2D eigenvalue weighted by molar-refractivity contribution is 0.328. The lowest BCUT2D eigenvalue weighted by atomic mass is 10.1. The molecule has 1 aromatic rings. The first-order valence-corrected chi connectivity index (χ1v) is 6.12. The summed E-state index contributed by atoms with van der Waals surface area (Å²) in [6, 6.07) is 6.39. The molecule has 1 heterocycles. The van der Waals surface area contributed by atoms with Gasteiger partial charge in [0.15, 0.2) is 0 Å². The fraction of sp³-hybridized carbons (Fsp3) is 0.333. The second kappa shape index (κ2) is 3.95. The molecule has 0 aromatic heterocycles. The molecular formula is C15H17NO. The third kappa shape index (κ3) is 2.07. The van der Waals surface area contributed by atoms with Gasteiger partial charge in [-0.15, -0.1) is 0 Å². The third-order valence-electron chi connectivity index (χ3n) is 3.38. The van der Waals surface area contributed by atoms with E-state index in [1.165, 1.54) is 18.4 Å². The highest BCUT2D eigenvalue weighted by molar-refractivity contribution is 5.69. The Morgan fingerprint density at radius 3 is 2.88 bits per heavy atom. The molecule has 0 N–H and O–H groups in total. The Bertz CT molecular complexity index is 496. The van der Waals surface area contributed by atoms with Crippen LogP contribution in [0.15, 0.2) is 36.0 Å². The SMILES string of the molecule is C=C1CCOc2ccc(C=C3CC3)cc2N1C. The van der Waals surface area contributed by atoms with Crippen LogP contribution in [-0.2, 0) is 0 Å². The van der Waals surface area contributed by atoms with E-state index in [-0.39, 0.29) is 0 Å². The van der Waals surface area contributed by atoms with Crippen molar-refractivity contribution in [1.29, 1.82) is 0 Å². The minimum atomic E-state index is 0.719. The molecule has 88 valence electrons. The second-order valence-electron chi connectivity index (χ2n) is 4.75. The maximum Gasteiger partial charge on any atom is 0.142 e. The van der Waals surface area contributed by atoms with Crippen LogP contribution in [0.4, 0.5) is 5.69 Å². The molecule has 1 fully saturated rings. The summed E-state index contributed by atoms with van der Waals surface area (Å²) in [5.41, 5.74) is 5.05. The monoisotopic (exact) mass is 227 g/mol. The number of rotatable bonds is 1. The van der Waals surface area contributed by atoms with Gasteiger partial charge in [-0.3, -0.25) is 0 Å². The van der Waals surface area contributed by atoms with E-state index in [0.717, 1.165) is 30.2 Å². The van der Waals surface area contributed by atoms with Crippen LogP contribution in [0, 0.1) is 0 Å². The molecule has 0 radical (unpaired) electrons. The van der Waals surface area contributed by atoms with Crippen LogP contribution in [0.3, 0.4) is 0 Å². The van der Waals surface area contributed by atoms with Gasteiger partial charge in [0.1, 0.15) is 5.75 Å². The van der Waals surface area contributed by atoms with Gasteiger partial charge in [-0.2, -0.15) is 0 Å². The summed E-state index contributed by atoms with van der Waals surface area (Å²) >= 11 is 0.